The summed E-state index contributed by atoms with van der Waals surface area (Å²) in [5.74, 6) is 0. The molecule has 0 aromatic rings. The summed E-state index contributed by atoms with van der Waals surface area (Å²) in [6.45, 7) is 10.9. The summed E-state index contributed by atoms with van der Waals surface area (Å²) in [5.41, 5.74) is 0.605. The van der Waals surface area contributed by atoms with E-state index >= 15 is 0 Å². The second-order valence-electron chi connectivity index (χ2n) is 5.95. The van der Waals surface area contributed by atoms with Crippen LogP contribution in [0.15, 0.2) is 0 Å². The van der Waals surface area contributed by atoms with Gasteiger partial charge in [-0.2, -0.15) is 0 Å². The highest BCUT2D eigenvalue weighted by Crippen LogP contribution is 2.48. The maximum Gasteiger partial charge on any atom is 0.0153 e. The monoisotopic (exact) mass is 210 g/mol. The Balaban J connectivity index is 1.85. The van der Waals surface area contributed by atoms with E-state index in [4.69, 9.17) is 0 Å². The lowest BCUT2D eigenvalue weighted by Gasteiger charge is -2.30. The maximum absolute atomic E-state index is 3.65. The van der Waals surface area contributed by atoms with Gasteiger partial charge in [-0.05, 0) is 50.7 Å². The molecule has 1 aliphatic carbocycles. The fourth-order valence-corrected chi connectivity index (χ4v) is 2.85. The lowest BCUT2D eigenvalue weighted by Crippen LogP contribution is -2.41. The van der Waals surface area contributed by atoms with Gasteiger partial charge >= 0.3 is 0 Å². The van der Waals surface area contributed by atoms with Crippen LogP contribution in [0.2, 0.25) is 0 Å². The summed E-state index contributed by atoms with van der Waals surface area (Å²) < 4.78 is 0. The van der Waals surface area contributed by atoms with E-state index in [-0.39, 0.29) is 0 Å². The molecule has 1 saturated heterocycles. The third-order valence-electron chi connectivity index (χ3n) is 4.21. The first-order chi connectivity index (χ1) is 7.13. The smallest absolute Gasteiger partial charge is 0.0153 e. The van der Waals surface area contributed by atoms with Crippen molar-refractivity contribution < 1.29 is 0 Å². The molecule has 2 rings (SSSR count). The summed E-state index contributed by atoms with van der Waals surface area (Å²) in [4.78, 5) is 2.74. The standard InChI is InChI=1S/C13H26N2/c1-4-11-6-9-15(8-5-7-14-11)12-10-13(12,2)3/h11-12,14H,4-10H2,1-3H3. The highest BCUT2D eigenvalue weighted by Gasteiger charge is 2.48. The lowest BCUT2D eigenvalue weighted by atomic mass is 10.1. The molecule has 1 heterocycles. The zero-order valence-corrected chi connectivity index (χ0v) is 10.6. The van der Waals surface area contributed by atoms with Gasteiger partial charge in [-0.25, -0.2) is 0 Å². The van der Waals surface area contributed by atoms with Crippen LogP contribution in [0, 0.1) is 5.41 Å². The molecule has 1 saturated carbocycles. The molecule has 0 amide bonds. The van der Waals surface area contributed by atoms with Crippen molar-refractivity contribution in [1.29, 1.82) is 0 Å². The summed E-state index contributed by atoms with van der Waals surface area (Å²) in [6.07, 6.45) is 5.35. The Morgan fingerprint density at radius 2 is 2.07 bits per heavy atom. The van der Waals surface area contributed by atoms with Gasteiger partial charge in [0.05, 0.1) is 0 Å². The highest BCUT2D eigenvalue weighted by molar-refractivity contribution is 5.03. The van der Waals surface area contributed by atoms with Crippen molar-refractivity contribution in [1.82, 2.24) is 10.2 Å². The Hall–Kier alpha value is -0.0800. The average molecular weight is 210 g/mol. The van der Waals surface area contributed by atoms with Gasteiger partial charge in [-0.3, -0.25) is 4.90 Å². The van der Waals surface area contributed by atoms with Gasteiger partial charge in [-0.1, -0.05) is 20.8 Å². The molecule has 0 aromatic carbocycles. The summed E-state index contributed by atoms with van der Waals surface area (Å²) in [5, 5.41) is 3.65. The summed E-state index contributed by atoms with van der Waals surface area (Å²) in [7, 11) is 0. The molecule has 2 nitrogen and oxygen atoms in total. The van der Waals surface area contributed by atoms with Crippen molar-refractivity contribution in [2.45, 2.75) is 58.5 Å². The van der Waals surface area contributed by atoms with Gasteiger partial charge in [0, 0.05) is 12.1 Å². The first-order valence-electron chi connectivity index (χ1n) is 6.61. The van der Waals surface area contributed by atoms with E-state index in [1.807, 2.05) is 0 Å². The zero-order chi connectivity index (χ0) is 10.9. The lowest BCUT2D eigenvalue weighted by molar-refractivity contribution is 0.202. The van der Waals surface area contributed by atoms with E-state index in [0.29, 0.717) is 5.41 Å². The minimum Gasteiger partial charge on any atom is -0.314 e. The van der Waals surface area contributed by atoms with Crippen molar-refractivity contribution in [2.24, 2.45) is 5.41 Å². The van der Waals surface area contributed by atoms with Crippen LogP contribution in [-0.4, -0.2) is 36.6 Å². The van der Waals surface area contributed by atoms with Gasteiger partial charge < -0.3 is 5.32 Å². The second-order valence-corrected chi connectivity index (χ2v) is 5.95. The first kappa shape index (κ1) is 11.4. The number of nitrogens with one attached hydrogen (secondary N) is 1. The molecule has 0 spiro atoms. The molecular formula is C13H26N2. The van der Waals surface area contributed by atoms with E-state index < -0.39 is 0 Å². The minimum atomic E-state index is 0.605. The normalized spacial score (nSPS) is 37.0. The Morgan fingerprint density at radius 3 is 2.67 bits per heavy atom. The highest BCUT2D eigenvalue weighted by atomic mass is 15.2. The van der Waals surface area contributed by atoms with Crippen LogP contribution in [0.4, 0.5) is 0 Å². The molecule has 0 radical (unpaired) electrons. The van der Waals surface area contributed by atoms with E-state index in [1.54, 1.807) is 0 Å². The van der Waals surface area contributed by atoms with Crippen LogP contribution < -0.4 is 5.32 Å². The Bertz CT molecular complexity index is 213. The molecule has 1 aliphatic heterocycles. The number of rotatable bonds is 2. The van der Waals surface area contributed by atoms with E-state index in [9.17, 15) is 0 Å². The fourth-order valence-electron chi connectivity index (χ4n) is 2.85. The van der Waals surface area contributed by atoms with Crippen LogP contribution in [-0.2, 0) is 0 Å². The topological polar surface area (TPSA) is 15.3 Å². The Morgan fingerprint density at radius 1 is 1.33 bits per heavy atom. The van der Waals surface area contributed by atoms with Crippen molar-refractivity contribution in [3.05, 3.63) is 0 Å². The van der Waals surface area contributed by atoms with Crippen LogP contribution in [0.25, 0.3) is 0 Å². The van der Waals surface area contributed by atoms with Crippen molar-refractivity contribution in [2.75, 3.05) is 19.6 Å². The molecule has 88 valence electrons. The molecular weight excluding hydrogens is 184 g/mol. The molecule has 1 N–H and O–H groups in total. The van der Waals surface area contributed by atoms with Gasteiger partial charge in [0.1, 0.15) is 0 Å². The third-order valence-corrected chi connectivity index (χ3v) is 4.21. The van der Waals surface area contributed by atoms with Crippen molar-refractivity contribution in [3.63, 3.8) is 0 Å². The van der Waals surface area contributed by atoms with Crippen molar-refractivity contribution in [3.8, 4) is 0 Å². The van der Waals surface area contributed by atoms with E-state index in [1.165, 1.54) is 45.3 Å². The molecule has 2 heteroatoms. The number of hydrogen-bond donors (Lipinski definition) is 1. The third kappa shape index (κ3) is 2.73. The SMILES string of the molecule is CCC1CCN(C2CC2(C)C)CCCN1. The van der Waals surface area contributed by atoms with Gasteiger partial charge in [-0.15, -0.1) is 0 Å². The predicted octanol–water partition coefficient (Wildman–Crippen LogP) is 2.25. The molecule has 2 aliphatic rings. The molecule has 15 heavy (non-hydrogen) atoms. The Kier molecular flexibility index (Phi) is 3.36. The second kappa shape index (κ2) is 4.42. The van der Waals surface area contributed by atoms with Gasteiger partial charge in [0.15, 0.2) is 0 Å². The molecule has 2 atom stereocenters. The molecule has 0 aromatic heterocycles. The van der Waals surface area contributed by atoms with Gasteiger partial charge in [0.25, 0.3) is 0 Å². The van der Waals surface area contributed by atoms with E-state index in [0.717, 1.165) is 12.1 Å². The van der Waals surface area contributed by atoms with Crippen LogP contribution >= 0.6 is 0 Å². The average Bonchev–Trinajstić information content (AvgIpc) is 2.75. The van der Waals surface area contributed by atoms with Crippen molar-refractivity contribution >= 4 is 0 Å². The number of nitrogens with zero attached hydrogens (tertiary/aromatic N) is 1. The minimum absolute atomic E-state index is 0.605. The van der Waals surface area contributed by atoms with Crippen LogP contribution in [0.1, 0.15) is 46.5 Å². The number of hydrogen-bond acceptors (Lipinski definition) is 2. The quantitative estimate of drug-likeness (QED) is 0.752. The Labute approximate surface area is 94.4 Å². The van der Waals surface area contributed by atoms with Crippen LogP contribution in [0.3, 0.4) is 0 Å². The fraction of sp³-hybridized carbons (Fsp3) is 1.00. The van der Waals surface area contributed by atoms with Gasteiger partial charge in [0.2, 0.25) is 0 Å². The summed E-state index contributed by atoms with van der Waals surface area (Å²) >= 11 is 0. The molecule has 0 bridgehead atoms. The molecule has 2 fully saturated rings. The maximum atomic E-state index is 3.65. The molecule has 2 unspecified atom stereocenters. The first-order valence-corrected chi connectivity index (χ1v) is 6.61. The van der Waals surface area contributed by atoms with Crippen LogP contribution in [0.5, 0.6) is 0 Å². The largest absolute Gasteiger partial charge is 0.314 e. The zero-order valence-electron chi connectivity index (χ0n) is 10.6. The summed E-state index contributed by atoms with van der Waals surface area (Å²) in [6, 6.07) is 1.64. The predicted molar refractivity (Wildman–Crippen MR) is 65.1 cm³/mol. The van der Waals surface area contributed by atoms with E-state index in [2.05, 4.69) is 31.0 Å².